The number of halogens is 2. The van der Waals surface area contributed by atoms with Gasteiger partial charge >= 0.3 is 5.69 Å². The van der Waals surface area contributed by atoms with E-state index in [0.717, 1.165) is 6.07 Å². The Morgan fingerprint density at radius 1 is 1.67 bits per heavy atom. The first-order chi connectivity index (χ1) is 6.99. The quantitative estimate of drug-likeness (QED) is 0.472. The molecule has 0 heterocycles. The summed E-state index contributed by atoms with van der Waals surface area (Å²) in [6, 6.07) is 4.31. The highest BCUT2D eigenvalue weighted by atomic mass is 79.9. The molecule has 1 atom stereocenters. The molecule has 0 amide bonds. The van der Waals surface area contributed by atoms with Crippen molar-refractivity contribution < 1.29 is 9.31 Å². The van der Waals surface area contributed by atoms with Crippen LogP contribution in [0.5, 0.6) is 0 Å². The van der Waals surface area contributed by atoms with E-state index < -0.39 is 21.3 Å². The first-order valence-corrected chi connectivity index (χ1v) is 4.87. The first kappa shape index (κ1) is 11.6. The van der Waals surface area contributed by atoms with Gasteiger partial charge < -0.3 is 0 Å². The molecular formula is C9H6BrFN2O2. The fourth-order valence-electron chi connectivity index (χ4n) is 1.17. The van der Waals surface area contributed by atoms with Crippen molar-refractivity contribution in [2.45, 2.75) is 11.8 Å². The van der Waals surface area contributed by atoms with Gasteiger partial charge in [-0.3, -0.25) is 10.1 Å². The Labute approximate surface area is 93.6 Å². The lowest BCUT2D eigenvalue weighted by molar-refractivity contribution is -0.387. The fraction of sp³-hybridized carbons (Fsp3) is 0.222. The highest BCUT2D eigenvalue weighted by molar-refractivity contribution is 9.09. The lowest BCUT2D eigenvalue weighted by atomic mass is 10.0. The van der Waals surface area contributed by atoms with Crippen molar-refractivity contribution in [2.24, 2.45) is 0 Å². The number of benzene rings is 1. The minimum Gasteiger partial charge on any atom is -0.258 e. The van der Waals surface area contributed by atoms with E-state index in [2.05, 4.69) is 15.9 Å². The lowest BCUT2D eigenvalue weighted by Crippen LogP contribution is -1.99. The van der Waals surface area contributed by atoms with Crippen molar-refractivity contribution in [3.63, 3.8) is 0 Å². The highest BCUT2D eigenvalue weighted by Crippen LogP contribution is 2.30. The van der Waals surface area contributed by atoms with Crippen LogP contribution in [0.1, 0.15) is 16.0 Å². The molecule has 0 saturated heterocycles. The Bertz CT molecular complexity index is 456. The van der Waals surface area contributed by atoms with E-state index in [1.54, 1.807) is 0 Å². The third-order valence-corrected chi connectivity index (χ3v) is 2.69. The number of nitriles is 1. The van der Waals surface area contributed by atoms with E-state index in [4.69, 9.17) is 5.26 Å². The molecule has 0 fully saturated rings. The summed E-state index contributed by atoms with van der Waals surface area (Å²) >= 11 is 3.03. The minimum atomic E-state index is -0.891. The van der Waals surface area contributed by atoms with Gasteiger partial charge in [0, 0.05) is 6.07 Å². The van der Waals surface area contributed by atoms with E-state index in [9.17, 15) is 14.5 Å². The smallest absolute Gasteiger partial charge is 0.258 e. The van der Waals surface area contributed by atoms with Crippen LogP contribution in [0.2, 0.25) is 0 Å². The predicted molar refractivity (Wildman–Crippen MR) is 55.1 cm³/mol. The second-order valence-electron chi connectivity index (χ2n) is 2.86. The van der Waals surface area contributed by atoms with E-state index >= 15 is 0 Å². The second-order valence-corrected chi connectivity index (χ2v) is 3.78. The molecule has 1 aromatic rings. The number of rotatable bonds is 2. The third kappa shape index (κ3) is 2.13. The number of nitro groups is 1. The van der Waals surface area contributed by atoms with Crippen LogP contribution in [0.15, 0.2) is 12.1 Å². The summed E-state index contributed by atoms with van der Waals surface area (Å²) < 4.78 is 13.4. The maximum Gasteiger partial charge on any atom is 0.305 e. The van der Waals surface area contributed by atoms with Crippen LogP contribution in [0.4, 0.5) is 10.1 Å². The van der Waals surface area contributed by atoms with Gasteiger partial charge in [-0.25, -0.2) is 0 Å². The topological polar surface area (TPSA) is 66.9 Å². The van der Waals surface area contributed by atoms with E-state index in [0.29, 0.717) is 5.56 Å². The zero-order chi connectivity index (χ0) is 11.6. The van der Waals surface area contributed by atoms with Crippen molar-refractivity contribution in [1.82, 2.24) is 0 Å². The van der Waals surface area contributed by atoms with Crippen LogP contribution in [-0.4, -0.2) is 4.92 Å². The van der Waals surface area contributed by atoms with E-state index in [1.165, 1.54) is 13.0 Å². The van der Waals surface area contributed by atoms with Crippen LogP contribution >= 0.6 is 15.9 Å². The molecule has 1 rings (SSSR count). The molecule has 0 aromatic heterocycles. The molecule has 0 N–H and O–H groups in total. The molecule has 4 nitrogen and oxygen atoms in total. The van der Waals surface area contributed by atoms with Gasteiger partial charge in [0.1, 0.15) is 4.83 Å². The van der Waals surface area contributed by atoms with Crippen molar-refractivity contribution >= 4 is 21.6 Å². The minimum absolute atomic E-state index is 0.118. The average Bonchev–Trinajstić information content (AvgIpc) is 2.20. The van der Waals surface area contributed by atoms with E-state index in [1.807, 2.05) is 6.07 Å². The Balaban J connectivity index is 3.35. The normalized spacial score (nSPS) is 11.9. The van der Waals surface area contributed by atoms with Crippen molar-refractivity contribution in [3.8, 4) is 6.07 Å². The highest BCUT2D eigenvalue weighted by Gasteiger charge is 2.20. The number of hydrogen-bond acceptors (Lipinski definition) is 3. The molecule has 78 valence electrons. The molecule has 0 radical (unpaired) electrons. The standard InChI is InChI=1S/C9H6BrFN2O2/c1-5-6(7(10)4-12)2-3-8(9(5)11)13(14)15/h2-3,7H,1H3. The van der Waals surface area contributed by atoms with Crippen LogP contribution in [0, 0.1) is 34.2 Å². The van der Waals surface area contributed by atoms with Crippen LogP contribution in [0.3, 0.4) is 0 Å². The molecular weight excluding hydrogens is 267 g/mol. The molecule has 0 aliphatic carbocycles. The van der Waals surface area contributed by atoms with Gasteiger partial charge in [-0.15, -0.1) is 0 Å². The fourth-order valence-corrected chi connectivity index (χ4v) is 1.67. The average molecular weight is 273 g/mol. The summed E-state index contributed by atoms with van der Waals surface area (Å²) in [7, 11) is 0. The first-order valence-electron chi connectivity index (χ1n) is 3.96. The summed E-state index contributed by atoms with van der Waals surface area (Å²) in [6.07, 6.45) is 0. The van der Waals surface area contributed by atoms with Crippen molar-refractivity contribution in [3.05, 3.63) is 39.2 Å². The monoisotopic (exact) mass is 272 g/mol. The predicted octanol–water partition coefficient (Wildman–Crippen LogP) is 3.00. The maximum atomic E-state index is 13.4. The van der Waals surface area contributed by atoms with Gasteiger partial charge in [0.15, 0.2) is 0 Å². The summed E-state index contributed by atoms with van der Waals surface area (Å²) in [5, 5.41) is 19.0. The van der Waals surface area contributed by atoms with Crippen LogP contribution in [-0.2, 0) is 0 Å². The van der Waals surface area contributed by atoms with Gasteiger partial charge in [0.05, 0.1) is 11.0 Å². The molecule has 0 spiro atoms. The number of alkyl halides is 1. The SMILES string of the molecule is Cc1c(C(Br)C#N)ccc([N+](=O)[O-])c1F. The van der Waals surface area contributed by atoms with E-state index in [-0.39, 0.29) is 5.56 Å². The van der Waals surface area contributed by atoms with Gasteiger partial charge in [-0.1, -0.05) is 15.9 Å². The van der Waals surface area contributed by atoms with Gasteiger partial charge in [0.25, 0.3) is 0 Å². The summed E-state index contributed by atoms with van der Waals surface area (Å²) in [5.41, 5.74) is -0.0536. The zero-order valence-corrected chi connectivity index (χ0v) is 9.28. The van der Waals surface area contributed by atoms with Crippen LogP contribution in [0.25, 0.3) is 0 Å². The molecule has 1 aromatic carbocycles. The molecule has 15 heavy (non-hydrogen) atoms. The van der Waals surface area contributed by atoms with Gasteiger partial charge in [-0.05, 0) is 24.1 Å². The lowest BCUT2D eigenvalue weighted by Gasteiger charge is -2.06. The third-order valence-electron chi connectivity index (χ3n) is 1.99. The van der Waals surface area contributed by atoms with Crippen molar-refractivity contribution in [1.29, 1.82) is 5.26 Å². The Hall–Kier alpha value is -1.48. The Morgan fingerprint density at radius 3 is 2.73 bits per heavy atom. The number of nitro benzene ring substituents is 1. The Morgan fingerprint density at radius 2 is 2.27 bits per heavy atom. The number of hydrogen-bond donors (Lipinski definition) is 0. The largest absolute Gasteiger partial charge is 0.305 e. The summed E-state index contributed by atoms with van der Waals surface area (Å²) in [4.78, 5) is 8.96. The van der Waals surface area contributed by atoms with Gasteiger partial charge in [0.2, 0.25) is 5.82 Å². The molecule has 0 aliphatic rings. The summed E-state index contributed by atoms with van der Waals surface area (Å²) in [6.45, 7) is 1.41. The number of nitrogens with zero attached hydrogens (tertiary/aromatic N) is 2. The van der Waals surface area contributed by atoms with Crippen molar-refractivity contribution in [2.75, 3.05) is 0 Å². The maximum absolute atomic E-state index is 13.4. The summed E-state index contributed by atoms with van der Waals surface area (Å²) in [5.74, 6) is -0.891. The molecule has 0 bridgehead atoms. The molecule has 6 heteroatoms. The zero-order valence-electron chi connectivity index (χ0n) is 7.70. The Kier molecular flexibility index (Phi) is 3.37. The molecule has 1 unspecified atom stereocenters. The molecule has 0 saturated carbocycles. The van der Waals surface area contributed by atoms with Crippen LogP contribution < -0.4 is 0 Å². The second kappa shape index (κ2) is 4.36. The van der Waals surface area contributed by atoms with Gasteiger partial charge in [-0.2, -0.15) is 9.65 Å². The molecule has 0 aliphatic heterocycles.